The first-order valence-corrected chi connectivity index (χ1v) is 6.24. The summed E-state index contributed by atoms with van der Waals surface area (Å²) < 4.78 is 0. The third kappa shape index (κ3) is 2.38. The van der Waals surface area contributed by atoms with Gasteiger partial charge in [-0.25, -0.2) is 0 Å². The molecule has 0 radical (unpaired) electrons. The fourth-order valence-electron chi connectivity index (χ4n) is 2.28. The molecular formula is C16H18O. The number of unbranched alkanes of at least 4 members (excludes halogenated alkanes) is 1. The second-order valence-electron chi connectivity index (χ2n) is 4.54. The maximum absolute atomic E-state index is 12.0. The van der Waals surface area contributed by atoms with E-state index in [2.05, 4.69) is 25.6 Å². The molecule has 0 aliphatic heterocycles. The predicted molar refractivity (Wildman–Crippen MR) is 71.7 cm³/mol. The Kier molecular flexibility index (Phi) is 3.58. The van der Waals surface area contributed by atoms with Crippen LogP contribution >= 0.6 is 0 Å². The molecule has 0 saturated carbocycles. The van der Waals surface area contributed by atoms with Crippen LogP contribution in [0.3, 0.4) is 0 Å². The highest BCUT2D eigenvalue weighted by Gasteiger charge is 2.26. The largest absolute Gasteiger partial charge is 0.289 e. The smallest absolute Gasteiger partial charge is 0.185 e. The predicted octanol–water partition coefficient (Wildman–Crippen LogP) is 4.16. The van der Waals surface area contributed by atoms with Crippen LogP contribution in [0.2, 0.25) is 0 Å². The first-order valence-electron chi connectivity index (χ1n) is 6.24. The molecule has 1 aliphatic carbocycles. The van der Waals surface area contributed by atoms with Crippen molar-refractivity contribution in [1.29, 1.82) is 0 Å². The first-order chi connectivity index (χ1) is 8.24. The van der Waals surface area contributed by atoms with Crippen LogP contribution in [0.1, 0.15) is 38.2 Å². The molecular weight excluding hydrogens is 208 g/mol. The van der Waals surface area contributed by atoms with Crippen molar-refractivity contribution in [2.24, 2.45) is 0 Å². The topological polar surface area (TPSA) is 17.1 Å². The van der Waals surface area contributed by atoms with Crippen molar-refractivity contribution < 1.29 is 4.79 Å². The molecule has 1 nitrogen and oxygen atoms in total. The highest BCUT2D eigenvalue weighted by molar-refractivity contribution is 6.17. The van der Waals surface area contributed by atoms with Crippen LogP contribution in [0.15, 0.2) is 48.1 Å². The molecule has 0 bridgehead atoms. The van der Waals surface area contributed by atoms with E-state index >= 15 is 0 Å². The van der Waals surface area contributed by atoms with E-state index in [1.165, 1.54) is 11.1 Å². The lowest BCUT2D eigenvalue weighted by Crippen LogP contribution is -1.98. The van der Waals surface area contributed by atoms with Crippen LogP contribution in [0.4, 0.5) is 0 Å². The molecule has 1 heteroatoms. The number of carbonyl (C=O) groups excluding carboxylic acids is 1. The summed E-state index contributed by atoms with van der Waals surface area (Å²) in [6, 6.07) is 10.2. The zero-order valence-electron chi connectivity index (χ0n) is 10.3. The number of allylic oxidation sites excluding steroid dienone is 3. The average Bonchev–Trinajstić information content (AvgIpc) is 2.65. The van der Waals surface area contributed by atoms with Crippen molar-refractivity contribution >= 4 is 11.4 Å². The summed E-state index contributed by atoms with van der Waals surface area (Å²) >= 11 is 0. The monoisotopic (exact) mass is 226 g/mol. The van der Waals surface area contributed by atoms with Gasteiger partial charge >= 0.3 is 0 Å². The minimum atomic E-state index is 0.178. The van der Waals surface area contributed by atoms with Gasteiger partial charge in [-0.2, -0.15) is 0 Å². The number of benzene rings is 1. The maximum atomic E-state index is 12.0. The van der Waals surface area contributed by atoms with Gasteiger partial charge in [0.1, 0.15) is 0 Å². The zero-order chi connectivity index (χ0) is 12.3. The van der Waals surface area contributed by atoms with E-state index in [1.54, 1.807) is 0 Å². The summed E-state index contributed by atoms with van der Waals surface area (Å²) in [4.78, 5) is 12.0. The Morgan fingerprint density at radius 3 is 2.59 bits per heavy atom. The van der Waals surface area contributed by atoms with Crippen LogP contribution in [-0.2, 0) is 4.79 Å². The molecule has 17 heavy (non-hydrogen) atoms. The van der Waals surface area contributed by atoms with Gasteiger partial charge in [-0.05, 0) is 29.6 Å². The number of carbonyl (C=O) groups is 1. The Hall–Kier alpha value is -1.63. The molecule has 0 N–H and O–H groups in total. The quantitative estimate of drug-likeness (QED) is 0.704. The van der Waals surface area contributed by atoms with Crippen LogP contribution in [0.25, 0.3) is 5.57 Å². The summed E-state index contributed by atoms with van der Waals surface area (Å²) in [6.07, 6.45) is 3.80. The van der Waals surface area contributed by atoms with Gasteiger partial charge in [0.25, 0.3) is 0 Å². The molecule has 0 spiro atoms. The molecule has 2 rings (SSSR count). The summed E-state index contributed by atoms with van der Waals surface area (Å²) in [5, 5.41) is 0. The van der Waals surface area contributed by atoms with Gasteiger partial charge in [-0.1, -0.05) is 50.3 Å². The van der Waals surface area contributed by atoms with E-state index in [0.29, 0.717) is 0 Å². The van der Waals surface area contributed by atoms with Gasteiger partial charge < -0.3 is 0 Å². The molecule has 1 aromatic rings. The van der Waals surface area contributed by atoms with E-state index < -0.39 is 0 Å². The third-order valence-electron chi connectivity index (χ3n) is 3.25. The Morgan fingerprint density at radius 2 is 1.94 bits per heavy atom. The van der Waals surface area contributed by atoms with E-state index in [4.69, 9.17) is 0 Å². The van der Waals surface area contributed by atoms with Gasteiger partial charge in [0.15, 0.2) is 5.78 Å². The van der Waals surface area contributed by atoms with E-state index in [-0.39, 0.29) is 5.78 Å². The summed E-state index contributed by atoms with van der Waals surface area (Å²) in [7, 11) is 0. The lowest BCUT2D eigenvalue weighted by Gasteiger charge is -2.05. The van der Waals surface area contributed by atoms with Gasteiger partial charge in [0.05, 0.1) is 0 Å². The highest BCUT2D eigenvalue weighted by atomic mass is 16.1. The van der Waals surface area contributed by atoms with Gasteiger partial charge in [-0.3, -0.25) is 4.79 Å². The van der Waals surface area contributed by atoms with Crippen molar-refractivity contribution in [3.63, 3.8) is 0 Å². The molecule has 88 valence electrons. The van der Waals surface area contributed by atoms with Crippen molar-refractivity contribution in [2.75, 3.05) is 0 Å². The highest BCUT2D eigenvalue weighted by Crippen LogP contribution is 2.36. The number of hydrogen-bond donors (Lipinski definition) is 0. The van der Waals surface area contributed by atoms with Crippen LogP contribution < -0.4 is 0 Å². The SMILES string of the molecule is C=C1CC(c2ccccc2)=C(CCCC)C1=O. The Bertz CT molecular complexity index is 466. The third-order valence-corrected chi connectivity index (χ3v) is 3.25. The summed E-state index contributed by atoms with van der Waals surface area (Å²) in [5.41, 5.74) is 4.10. The van der Waals surface area contributed by atoms with Gasteiger partial charge in [0.2, 0.25) is 0 Å². The molecule has 0 unspecified atom stereocenters. The summed E-state index contributed by atoms with van der Waals surface area (Å²) in [5.74, 6) is 0.178. The van der Waals surface area contributed by atoms with Crippen LogP contribution in [-0.4, -0.2) is 5.78 Å². The van der Waals surface area contributed by atoms with Crippen molar-refractivity contribution in [3.8, 4) is 0 Å². The van der Waals surface area contributed by atoms with E-state index in [1.807, 2.05) is 18.2 Å². The lowest BCUT2D eigenvalue weighted by atomic mass is 9.99. The number of rotatable bonds is 4. The number of hydrogen-bond acceptors (Lipinski definition) is 1. The van der Waals surface area contributed by atoms with Crippen molar-refractivity contribution in [3.05, 3.63) is 53.6 Å². The minimum Gasteiger partial charge on any atom is -0.289 e. The molecule has 0 atom stereocenters. The van der Waals surface area contributed by atoms with E-state index in [0.717, 1.165) is 36.8 Å². The minimum absolute atomic E-state index is 0.178. The maximum Gasteiger partial charge on any atom is 0.185 e. The molecule has 0 heterocycles. The Labute approximate surface area is 103 Å². The molecule has 0 aromatic heterocycles. The molecule has 0 fully saturated rings. The molecule has 1 aliphatic rings. The number of ketones is 1. The fourth-order valence-corrected chi connectivity index (χ4v) is 2.28. The van der Waals surface area contributed by atoms with Crippen LogP contribution in [0.5, 0.6) is 0 Å². The molecule has 0 saturated heterocycles. The van der Waals surface area contributed by atoms with E-state index in [9.17, 15) is 4.79 Å². The summed E-state index contributed by atoms with van der Waals surface area (Å²) in [6.45, 7) is 6.03. The van der Waals surface area contributed by atoms with Gasteiger partial charge in [-0.15, -0.1) is 0 Å². The second kappa shape index (κ2) is 5.13. The Balaban J connectivity index is 2.36. The van der Waals surface area contributed by atoms with Crippen LogP contribution in [0, 0.1) is 0 Å². The zero-order valence-corrected chi connectivity index (χ0v) is 10.3. The van der Waals surface area contributed by atoms with Crippen molar-refractivity contribution in [1.82, 2.24) is 0 Å². The lowest BCUT2D eigenvalue weighted by molar-refractivity contribution is -0.112. The van der Waals surface area contributed by atoms with Crippen molar-refractivity contribution in [2.45, 2.75) is 32.6 Å². The molecule has 0 amide bonds. The standard InChI is InChI=1S/C16H18O/c1-3-4-10-14-15(11-12(2)16(14)17)13-8-6-5-7-9-13/h5-9H,2-4,10-11H2,1H3. The normalized spacial score (nSPS) is 15.8. The average molecular weight is 226 g/mol. The van der Waals surface area contributed by atoms with Gasteiger partial charge in [0, 0.05) is 12.0 Å². The molecule has 1 aromatic carbocycles. The first kappa shape index (κ1) is 11.8. The Morgan fingerprint density at radius 1 is 1.24 bits per heavy atom. The fraction of sp³-hybridized carbons (Fsp3) is 0.312. The second-order valence-corrected chi connectivity index (χ2v) is 4.54. The number of Topliss-reactive ketones (excluding diaryl/α,β-unsaturated/α-hetero) is 1.